The molecule has 2 nitrogen and oxygen atoms in total. The third-order valence-electron chi connectivity index (χ3n) is 10.4. The fraction of sp³-hybridized carbons (Fsp3) is 0. The fourth-order valence-electron chi connectivity index (χ4n) is 7.79. The zero-order valence-electron chi connectivity index (χ0n) is 58.8. The first-order chi connectivity index (χ1) is 41.3. The smallest absolute Gasteiger partial charge is 0.135 e. The predicted octanol–water partition coefficient (Wildman–Crippen LogP) is 16.3. The summed E-state index contributed by atoms with van der Waals surface area (Å²) in [6, 6.07) is -24.1. The van der Waals surface area contributed by atoms with Gasteiger partial charge >= 0.3 is 0 Å². The highest BCUT2D eigenvalue weighted by atomic mass is 16.3. The molecule has 0 aliphatic heterocycles. The van der Waals surface area contributed by atoms with Crippen LogP contribution < -0.4 is 0 Å². The molecule has 266 valence electrons. The molecule has 0 fully saturated rings. The maximum atomic E-state index is 9.85. The van der Waals surface area contributed by atoms with Crippen LogP contribution in [-0.4, -0.2) is 0 Å². The van der Waals surface area contributed by atoms with Gasteiger partial charge in [-0.05, 0) is 146 Å². The predicted molar refractivity (Wildman–Crippen MR) is 245 cm³/mol. The van der Waals surface area contributed by atoms with Crippen molar-refractivity contribution in [2.24, 2.45) is 0 Å². The molecule has 2 heteroatoms. The van der Waals surface area contributed by atoms with Crippen LogP contribution in [0.3, 0.4) is 0 Å². The quantitative estimate of drug-likeness (QED) is 0.168. The molecular weight excluding hydrogens is 705 g/mol. The Balaban J connectivity index is 1.08. The third kappa shape index (κ3) is 4.11. The van der Waals surface area contributed by atoms with Gasteiger partial charge in [0, 0.05) is 21.5 Å². The largest absolute Gasteiger partial charge is 0.456 e. The second-order valence-electron chi connectivity index (χ2n) is 13.5. The van der Waals surface area contributed by atoms with Crippen LogP contribution in [0.1, 0.15) is 41.1 Å². The van der Waals surface area contributed by atoms with E-state index in [-0.39, 0.29) is 21.5 Å². The maximum absolute atomic E-state index is 9.85. The van der Waals surface area contributed by atoms with Crippen molar-refractivity contribution in [1.29, 1.82) is 0 Å². The van der Waals surface area contributed by atoms with Crippen LogP contribution in [0.4, 0.5) is 0 Å². The molecule has 0 N–H and O–H groups in total. The lowest BCUT2D eigenvalue weighted by atomic mass is 9.89. The van der Waals surface area contributed by atoms with Crippen LogP contribution in [-0.2, 0) is 0 Å². The number of hydrogen-bond donors (Lipinski definition) is 0. The Kier molecular flexibility index (Phi) is 2.67. The molecule has 2 aromatic heterocycles. The Labute approximate surface area is 373 Å². The van der Waals surface area contributed by atoms with Gasteiger partial charge in [0.25, 0.3) is 0 Å². The summed E-state index contributed by atoms with van der Waals surface area (Å²) < 4.78 is 288. The molecule has 0 saturated carbocycles. The van der Waals surface area contributed by atoms with Gasteiger partial charge in [0.15, 0.2) is 0 Å². The number of fused-ring (bicyclic) bond motifs is 6. The summed E-state index contributed by atoms with van der Waals surface area (Å²) in [5, 5.41) is -6.68. The zero-order chi connectivity index (χ0) is 63.7. The van der Waals surface area contributed by atoms with Gasteiger partial charge in [-0.2, -0.15) is 0 Å². The normalized spacial score (nSPS) is 19.7. The molecule has 0 spiro atoms. The summed E-state index contributed by atoms with van der Waals surface area (Å²) in [5.74, 6) is 0. The van der Waals surface area contributed by atoms with Gasteiger partial charge in [-0.15, -0.1) is 0 Å². The molecule has 0 unspecified atom stereocenters. The number of rotatable bonds is 3. The SMILES string of the molecule is [2H]c1c(-c2c([2H])c([2H])c3oc4c([2H])c([2H])c(-c5c([2H])c([2H])c6c([2H])c([2H])c7c([2H])c([2H])c([2H])c8c([2H])c([2H])c5c6c78)c([2H])c4c3c2[2H])c([2H])c2c(oc3c([2H])c([2H])c(-c4c([2H])c([2H])c5c([2H])c([2H])c6c([2H])c([2H])c([2H])c7c([2H])c([2H])c4c5c67)c([2H])c32)c1[2H]. The van der Waals surface area contributed by atoms with E-state index >= 15 is 0 Å². The Morgan fingerprint density at radius 2 is 0.569 bits per heavy atom. The van der Waals surface area contributed by atoms with Crippen molar-refractivity contribution in [3.63, 3.8) is 0 Å². The Hall–Kier alpha value is -7.68. The van der Waals surface area contributed by atoms with Crippen molar-refractivity contribution < 1.29 is 50.0 Å². The first-order valence-corrected chi connectivity index (χ1v) is 17.6. The molecule has 14 aromatic rings. The van der Waals surface area contributed by atoms with Gasteiger partial charge < -0.3 is 8.83 Å². The highest BCUT2D eigenvalue weighted by Gasteiger charge is 2.17. The maximum Gasteiger partial charge on any atom is 0.135 e. The van der Waals surface area contributed by atoms with E-state index in [0.29, 0.717) is 0 Å². The molecule has 0 atom stereocenters. The van der Waals surface area contributed by atoms with Crippen molar-refractivity contribution in [2.75, 3.05) is 0 Å². The van der Waals surface area contributed by atoms with Crippen LogP contribution in [0.5, 0.6) is 0 Å². The minimum Gasteiger partial charge on any atom is -0.456 e. The standard InChI is InChI=1S/C56H30O2/c1-3-31-7-9-35-11-19-41(43-21-13-33(5-1)53(31)55(35)43)39-17-25-51-47(29-39)45-27-37(15-23-49(45)57-51)38-16-24-50-46(28-38)48-30-40(18-26-52(48)58-50)42-20-12-36-10-8-32-4-2-6-34-14-22-44(42)56(36)54(32)34/h1-30H/i1D,2D,3D,4D,5D,6D,7D,8D,9D,10D,11D,12D,13D,14D,15D,16D,17D,18D,19D,20D,21D,22D,23D,24D,25D,26D,27D,28D,29D,30D. The van der Waals surface area contributed by atoms with Crippen molar-refractivity contribution in [3.05, 3.63) is 181 Å². The van der Waals surface area contributed by atoms with Crippen LogP contribution in [0.2, 0.25) is 0 Å². The Bertz CT molecular complexity index is 5400. The van der Waals surface area contributed by atoms with Gasteiger partial charge in [-0.3, -0.25) is 0 Å². The summed E-state index contributed by atoms with van der Waals surface area (Å²) >= 11 is 0. The Morgan fingerprint density at radius 1 is 0.259 bits per heavy atom. The van der Waals surface area contributed by atoms with Gasteiger partial charge in [0.2, 0.25) is 0 Å². The van der Waals surface area contributed by atoms with E-state index < -0.39 is 302 Å². The van der Waals surface area contributed by atoms with E-state index in [9.17, 15) is 24.7 Å². The summed E-state index contributed by atoms with van der Waals surface area (Å²) in [6.45, 7) is 0. The van der Waals surface area contributed by atoms with E-state index in [1.165, 1.54) is 0 Å². The Morgan fingerprint density at radius 3 is 0.966 bits per heavy atom. The first-order valence-electron chi connectivity index (χ1n) is 32.6. The van der Waals surface area contributed by atoms with E-state index in [4.69, 9.17) is 25.3 Å². The van der Waals surface area contributed by atoms with Gasteiger partial charge in [-0.1, -0.05) is 133 Å². The number of hydrogen-bond acceptors (Lipinski definition) is 2. The van der Waals surface area contributed by atoms with Crippen LogP contribution >= 0.6 is 0 Å². The second-order valence-corrected chi connectivity index (χ2v) is 13.5. The van der Waals surface area contributed by atoms with Crippen molar-refractivity contribution in [2.45, 2.75) is 0 Å². The van der Waals surface area contributed by atoms with Crippen molar-refractivity contribution in [3.8, 4) is 33.4 Å². The van der Waals surface area contributed by atoms with E-state index in [0.717, 1.165) is 0 Å². The van der Waals surface area contributed by atoms with Crippen LogP contribution in [0.25, 0.3) is 142 Å². The van der Waals surface area contributed by atoms with Crippen molar-refractivity contribution in [1.82, 2.24) is 0 Å². The lowest BCUT2D eigenvalue weighted by Gasteiger charge is -2.14. The number of benzene rings is 12. The van der Waals surface area contributed by atoms with Gasteiger partial charge in [0.1, 0.15) is 22.3 Å². The molecule has 14 rings (SSSR count). The molecule has 0 bridgehead atoms. The fourth-order valence-corrected chi connectivity index (χ4v) is 7.79. The third-order valence-corrected chi connectivity index (χ3v) is 10.4. The van der Waals surface area contributed by atoms with E-state index in [1.807, 2.05) is 0 Å². The van der Waals surface area contributed by atoms with E-state index in [1.54, 1.807) is 0 Å². The average Bonchev–Trinajstić information content (AvgIpc) is 0.917. The topological polar surface area (TPSA) is 26.3 Å². The molecule has 0 aliphatic carbocycles. The monoisotopic (exact) mass is 764 g/mol. The molecule has 58 heavy (non-hydrogen) atoms. The second kappa shape index (κ2) is 11.0. The molecule has 2 heterocycles. The molecule has 0 aliphatic rings. The lowest BCUT2D eigenvalue weighted by molar-refractivity contribution is 0.668. The molecule has 0 radical (unpaired) electrons. The minimum atomic E-state index is -0.937. The van der Waals surface area contributed by atoms with Gasteiger partial charge in [-0.25, -0.2) is 0 Å². The summed E-state index contributed by atoms with van der Waals surface area (Å²) in [4.78, 5) is 0. The highest BCUT2D eigenvalue weighted by molar-refractivity contribution is 6.27. The lowest BCUT2D eigenvalue weighted by Crippen LogP contribution is -1.87. The molecule has 12 aromatic carbocycles. The van der Waals surface area contributed by atoms with Gasteiger partial charge in [0.05, 0.1) is 41.1 Å². The molecular formula is C56H30O2. The summed E-state index contributed by atoms with van der Waals surface area (Å²) in [5.41, 5.74) is -6.69. The molecule has 0 saturated heterocycles. The van der Waals surface area contributed by atoms with E-state index in [2.05, 4.69) is 0 Å². The minimum absolute atomic E-state index is 0.252. The summed E-state index contributed by atoms with van der Waals surface area (Å²) in [7, 11) is 0. The highest BCUT2D eigenvalue weighted by Crippen LogP contribution is 2.44. The molecule has 0 amide bonds. The average molecular weight is 765 g/mol. The number of furan rings is 2. The van der Waals surface area contributed by atoms with Crippen LogP contribution in [0, 0.1) is 0 Å². The van der Waals surface area contributed by atoms with Crippen LogP contribution in [0.15, 0.2) is 190 Å². The first kappa shape index (κ1) is 14.1. The van der Waals surface area contributed by atoms with Crippen molar-refractivity contribution >= 4 is 109 Å². The summed E-state index contributed by atoms with van der Waals surface area (Å²) in [6.07, 6.45) is 0. The zero-order valence-corrected chi connectivity index (χ0v) is 28.8.